The van der Waals surface area contributed by atoms with Gasteiger partial charge < -0.3 is 5.11 Å². The van der Waals surface area contributed by atoms with Gasteiger partial charge in [-0.2, -0.15) is 0 Å². The van der Waals surface area contributed by atoms with Crippen molar-refractivity contribution in [1.29, 1.82) is 0 Å². The minimum atomic E-state index is -0.00976. The smallest absolute Gasteiger partial charge is 0.167 e. The van der Waals surface area contributed by atoms with Gasteiger partial charge in [0.25, 0.3) is 0 Å². The SMILES string of the molecule is C=C(O)c1ccc2c(c1)C(=O)Cc1ccccc1-2. The number of Topliss-reactive ketones (excluding diaryl/α,β-unsaturated/α-hetero) is 1. The highest BCUT2D eigenvalue weighted by Crippen LogP contribution is 2.34. The van der Waals surface area contributed by atoms with Gasteiger partial charge in [-0.15, -0.1) is 0 Å². The largest absolute Gasteiger partial charge is 0.508 e. The maximum Gasteiger partial charge on any atom is 0.167 e. The molecule has 2 aromatic rings. The molecule has 2 nitrogen and oxygen atoms in total. The van der Waals surface area contributed by atoms with Crippen molar-refractivity contribution in [3.63, 3.8) is 0 Å². The highest BCUT2D eigenvalue weighted by molar-refractivity contribution is 6.07. The Kier molecular flexibility index (Phi) is 2.30. The molecule has 3 rings (SSSR count). The molecule has 0 amide bonds. The Balaban J connectivity index is 2.26. The fraction of sp³-hybridized carbons (Fsp3) is 0.0625. The zero-order chi connectivity index (χ0) is 12.7. The predicted octanol–water partition coefficient (Wildman–Crippen LogP) is 3.62. The van der Waals surface area contributed by atoms with Crippen molar-refractivity contribution in [3.05, 3.63) is 65.7 Å². The van der Waals surface area contributed by atoms with Crippen LogP contribution in [-0.4, -0.2) is 10.9 Å². The van der Waals surface area contributed by atoms with Gasteiger partial charge in [-0.3, -0.25) is 4.79 Å². The summed E-state index contributed by atoms with van der Waals surface area (Å²) in [5.74, 6) is 0.0799. The van der Waals surface area contributed by atoms with Crippen LogP contribution in [0, 0.1) is 0 Å². The van der Waals surface area contributed by atoms with Gasteiger partial charge in [-0.1, -0.05) is 43.0 Å². The predicted molar refractivity (Wildman–Crippen MR) is 71.6 cm³/mol. The zero-order valence-corrected chi connectivity index (χ0v) is 9.81. The molecule has 0 saturated carbocycles. The van der Waals surface area contributed by atoms with Crippen molar-refractivity contribution in [2.45, 2.75) is 6.42 Å². The van der Waals surface area contributed by atoms with Gasteiger partial charge in [-0.05, 0) is 22.8 Å². The van der Waals surface area contributed by atoms with E-state index >= 15 is 0 Å². The van der Waals surface area contributed by atoms with Crippen LogP contribution in [0.5, 0.6) is 0 Å². The molecule has 2 heteroatoms. The summed E-state index contributed by atoms with van der Waals surface area (Å²) in [4.78, 5) is 12.1. The van der Waals surface area contributed by atoms with Gasteiger partial charge in [0.15, 0.2) is 5.78 Å². The second-order valence-electron chi connectivity index (χ2n) is 4.46. The summed E-state index contributed by atoms with van der Waals surface area (Å²) in [6, 6.07) is 13.3. The number of fused-ring (bicyclic) bond motifs is 3. The molecule has 0 radical (unpaired) electrons. The van der Waals surface area contributed by atoms with Crippen LogP contribution in [0.2, 0.25) is 0 Å². The van der Waals surface area contributed by atoms with E-state index in [0.29, 0.717) is 17.5 Å². The molecule has 0 saturated heterocycles. The molecule has 1 N–H and O–H groups in total. The van der Waals surface area contributed by atoms with E-state index < -0.39 is 0 Å². The number of hydrogen-bond acceptors (Lipinski definition) is 2. The van der Waals surface area contributed by atoms with Crippen molar-refractivity contribution in [3.8, 4) is 11.1 Å². The third-order valence-corrected chi connectivity index (χ3v) is 3.31. The second-order valence-corrected chi connectivity index (χ2v) is 4.46. The number of hydrogen-bond donors (Lipinski definition) is 1. The second kappa shape index (κ2) is 3.84. The zero-order valence-electron chi connectivity index (χ0n) is 9.81. The molecule has 88 valence electrons. The van der Waals surface area contributed by atoms with Gasteiger partial charge in [-0.25, -0.2) is 0 Å². The van der Waals surface area contributed by atoms with E-state index in [1.54, 1.807) is 12.1 Å². The molecule has 0 atom stereocenters. The fourth-order valence-corrected chi connectivity index (χ4v) is 2.39. The summed E-state index contributed by atoms with van der Waals surface area (Å²) < 4.78 is 0. The number of aliphatic hydroxyl groups is 1. The molecule has 1 aliphatic rings. The van der Waals surface area contributed by atoms with E-state index in [1.807, 2.05) is 30.3 Å². The molecule has 18 heavy (non-hydrogen) atoms. The number of rotatable bonds is 1. The van der Waals surface area contributed by atoms with Crippen molar-refractivity contribution in [2.24, 2.45) is 0 Å². The normalized spacial score (nSPS) is 12.8. The van der Waals surface area contributed by atoms with Crippen LogP contribution in [0.4, 0.5) is 0 Å². The standard InChI is InChI=1S/C16H12O2/c1-10(17)11-6-7-14-13-5-3-2-4-12(13)9-16(18)15(14)8-11/h2-8,17H,1,9H2. The molecule has 0 spiro atoms. The summed E-state index contributed by atoms with van der Waals surface area (Å²) >= 11 is 0. The molecule has 1 aliphatic carbocycles. The molecule has 0 aliphatic heterocycles. The van der Waals surface area contributed by atoms with E-state index in [4.69, 9.17) is 0 Å². The van der Waals surface area contributed by atoms with Gasteiger partial charge >= 0.3 is 0 Å². The van der Waals surface area contributed by atoms with E-state index in [-0.39, 0.29) is 11.5 Å². The Morgan fingerprint density at radius 2 is 1.83 bits per heavy atom. The highest BCUT2D eigenvalue weighted by atomic mass is 16.3. The first-order valence-electron chi connectivity index (χ1n) is 5.80. The third kappa shape index (κ3) is 1.54. The number of carbonyl (C=O) groups is 1. The lowest BCUT2D eigenvalue weighted by Gasteiger charge is -2.19. The quantitative estimate of drug-likeness (QED) is 0.768. The molecule has 2 aromatic carbocycles. The Hall–Kier alpha value is -2.35. The Labute approximate surface area is 105 Å². The van der Waals surface area contributed by atoms with Crippen molar-refractivity contribution in [1.82, 2.24) is 0 Å². The fourth-order valence-electron chi connectivity index (χ4n) is 2.39. The van der Waals surface area contributed by atoms with E-state index in [0.717, 1.165) is 16.7 Å². The van der Waals surface area contributed by atoms with Crippen LogP contribution in [0.3, 0.4) is 0 Å². The van der Waals surface area contributed by atoms with E-state index in [1.165, 1.54) is 0 Å². The lowest BCUT2D eigenvalue weighted by Crippen LogP contribution is -2.12. The van der Waals surface area contributed by atoms with E-state index in [2.05, 4.69) is 6.58 Å². The molecule has 0 bridgehead atoms. The first-order chi connectivity index (χ1) is 8.66. The van der Waals surface area contributed by atoms with Crippen LogP contribution in [0.25, 0.3) is 16.9 Å². The average Bonchev–Trinajstić information content (AvgIpc) is 2.38. The summed E-state index contributed by atoms with van der Waals surface area (Å²) in [5, 5.41) is 9.40. The van der Waals surface area contributed by atoms with Crippen LogP contribution in [0.1, 0.15) is 21.5 Å². The average molecular weight is 236 g/mol. The van der Waals surface area contributed by atoms with Crippen LogP contribution in [-0.2, 0) is 6.42 Å². The lowest BCUT2D eigenvalue weighted by molar-refractivity contribution is 0.0992. The Bertz CT molecular complexity index is 669. The summed E-state index contributed by atoms with van der Waals surface area (Å²) in [6.45, 7) is 3.49. The molecule has 0 unspecified atom stereocenters. The van der Waals surface area contributed by atoms with Crippen LogP contribution in [0.15, 0.2) is 49.0 Å². The van der Waals surface area contributed by atoms with Crippen LogP contribution < -0.4 is 0 Å². The number of ketones is 1. The maximum atomic E-state index is 12.1. The monoisotopic (exact) mass is 236 g/mol. The van der Waals surface area contributed by atoms with Crippen LogP contribution >= 0.6 is 0 Å². The van der Waals surface area contributed by atoms with Gasteiger partial charge in [0.2, 0.25) is 0 Å². The summed E-state index contributed by atoms with van der Waals surface area (Å²) in [6.07, 6.45) is 0.421. The Morgan fingerprint density at radius 3 is 2.61 bits per heavy atom. The van der Waals surface area contributed by atoms with Gasteiger partial charge in [0.05, 0.1) is 0 Å². The molecular formula is C16H12O2. The van der Waals surface area contributed by atoms with Crippen molar-refractivity contribution < 1.29 is 9.90 Å². The first kappa shape index (κ1) is 10.8. The summed E-state index contributed by atoms with van der Waals surface area (Å²) in [7, 11) is 0. The molecule has 0 aromatic heterocycles. The molecule has 0 fully saturated rings. The van der Waals surface area contributed by atoms with Crippen molar-refractivity contribution >= 4 is 11.5 Å². The molecule has 0 heterocycles. The highest BCUT2D eigenvalue weighted by Gasteiger charge is 2.22. The van der Waals surface area contributed by atoms with Gasteiger partial charge in [0, 0.05) is 17.5 Å². The summed E-state index contributed by atoms with van der Waals surface area (Å²) in [5.41, 5.74) is 4.36. The molecular weight excluding hydrogens is 224 g/mol. The minimum Gasteiger partial charge on any atom is -0.508 e. The number of aliphatic hydroxyl groups excluding tert-OH is 1. The third-order valence-electron chi connectivity index (χ3n) is 3.31. The Morgan fingerprint density at radius 1 is 1.06 bits per heavy atom. The number of benzene rings is 2. The maximum absolute atomic E-state index is 12.1. The van der Waals surface area contributed by atoms with Gasteiger partial charge in [0.1, 0.15) is 5.76 Å². The van der Waals surface area contributed by atoms with Crippen molar-refractivity contribution in [2.75, 3.05) is 0 Å². The minimum absolute atomic E-state index is 0.00976. The lowest BCUT2D eigenvalue weighted by atomic mass is 9.84. The number of carbonyl (C=O) groups excluding carboxylic acids is 1. The topological polar surface area (TPSA) is 37.3 Å². The first-order valence-corrected chi connectivity index (χ1v) is 5.80. The van der Waals surface area contributed by atoms with E-state index in [9.17, 15) is 9.90 Å².